The highest BCUT2D eigenvalue weighted by Crippen LogP contribution is 2.31. The van der Waals surface area contributed by atoms with Gasteiger partial charge in [-0.15, -0.1) is 0 Å². The minimum atomic E-state index is 0.217. The van der Waals surface area contributed by atoms with Crippen LogP contribution in [0.3, 0.4) is 0 Å². The predicted molar refractivity (Wildman–Crippen MR) is 91.0 cm³/mol. The summed E-state index contributed by atoms with van der Waals surface area (Å²) in [5, 5.41) is 0. The van der Waals surface area contributed by atoms with Gasteiger partial charge in [0.2, 0.25) is 5.91 Å². The molecule has 0 aliphatic heterocycles. The van der Waals surface area contributed by atoms with Gasteiger partial charge in [-0.05, 0) is 43.7 Å². The van der Waals surface area contributed by atoms with Crippen LogP contribution in [-0.4, -0.2) is 37.0 Å². The molecule has 22 heavy (non-hydrogen) atoms. The van der Waals surface area contributed by atoms with E-state index in [0.29, 0.717) is 12.6 Å². The minimum Gasteiger partial charge on any atom is -0.314 e. The monoisotopic (exact) mass is 300 g/mol. The van der Waals surface area contributed by atoms with Crippen molar-refractivity contribution in [1.82, 2.24) is 4.90 Å². The number of benzene rings is 1. The van der Waals surface area contributed by atoms with E-state index in [-0.39, 0.29) is 5.91 Å². The Morgan fingerprint density at radius 3 is 2.36 bits per heavy atom. The van der Waals surface area contributed by atoms with E-state index in [4.69, 9.17) is 0 Å². The van der Waals surface area contributed by atoms with Gasteiger partial charge in [0.05, 0.1) is 6.54 Å². The highest BCUT2D eigenvalue weighted by Gasteiger charge is 2.32. The average molecular weight is 300 g/mol. The molecule has 0 bridgehead atoms. The molecule has 3 heteroatoms. The molecular weight excluding hydrogens is 272 g/mol. The number of amides is 1. The number of anilines is 1. The smallest absolute Gasteiger partial charge is 0.240 e. The highest BCUT2D eigenvalue weighted by molar-refractivity contribution is 5.94. The Morgan fingerprint density at radius 2 is 1.73 bits per heavy atom. The molecule has 2 aliphatic carbocycles. The normalized spacial score (nSPS) is 19.4. The third-order valence-electron chi connectivity index (χ3n) is 5.14. The number of carbonyl (C=O) groups is 1. The zero-order chi connectivity index (χ0) is 15.4. The first kappa shape index (κ1) is 15.5. The van der Waals surface area contributed by atoms with Crippen LogP contribution in [0.2, 0.25) is 0 Å². The van der Waals surface area contributed by atoms with E-state index >= 15 is 0 Å². The van der Waals surface area contributed by atoms with Crippen LogP contribution in [0.15, 0.2) is 30.3 Å². The molecule has 2 saturated carbocycles. The van der Waals surface area contributed by atoms with Crippen LogP contribution in [0.25, 0.3) is 0 Å². The molecule has 0 N–H and O–H groups in total. The summed E-state index contributed by atoms with van der Waals surface area (Å²) in [6, 6.07) is 10.6. The number of carbonyl (C=O) groups excluding carboxylic acids is 1. The number of nitrogens with zero attached hydrogens (tertiary/aromatic N) is 2. The topological polar surface area (TPSA) is 23.6 Å². The summed E-state index contributed by atoms with van der Waals surface area (Å²) in [5.74, 6) is 1.03. The predicted octanol–water partition coefficient (Wildman–Crippen LogP) is 3.69. The van der Waals surface area contributed by atoms with E-state index in [1.165, 1.54) is 44.9 Å². The fourth-order valence-electron chi connectivity index (χ4n) is 3.56. The molecular formula is C19H28N2O. The van der Waals surface area contributed by atoms with Crippen molar-refractivity contribution in [3.8, 4) is 0 Å². The average Bonchev–Trinajstić information content (AvgIpc) is 3.40. The van der Waals surface area contributed by atoms with Crippen molar-refractivity contribution in [2.75, 3.05) is 25.0 Å². The van der Waals surface area contributed by atoms with E-state index in [1.54, 1.807) is 4.90 Å². The molecule has 1 amide bonds. The molecule has 0 spiro atoms. The van der Waals surface area contributed by atoms with E-state index in [9.17, 15) is 4.79 Å². The summed E-state index contributed by atoms with van der Waals surface area (Å²) in [7, 11) is 1.89. The van der Waals surface area contributed by atoms with Crippen LogP contribution < -0.4 is 4.90 Å². The van der Waals surface area contributed by atoms with Crippen LogP contribution >= 0.6 is 0 Å². The Balaban J connectivity index is 1.57. The molecule has 3 rings (SSSR count). The summed E-state index contributed by atoms with van der Waals surface area (Å²) < 4.78 is 0. The van der Waals surface area contributed by atoms with Crippen LogP contribution in [0, 0.1) is 5.92 Å². The fourth-order valence-corrected chi connectivity index (χ4v) is 3.56. The lowest BCUT2D eigenvalue weighted by molar-refractivity contribution is -0.119. The Hall–Kier alpha value is -1.35. The van der Waals surface area contributed by atoms with Crippen molar-refractivity contribution in [3.63, 3.8) is 0 Å². The van der Waals surface area contributed by atoms with Gasteiger partial charge in [0.15, 0.2) is 0 Å². The molecule has 1 aromatic rings. The summed E-state index contributed by atoms with van der Waals surface area (Å²) in [5.41, 5.74) is 0.987. The van der Waals surface area contributed by atoms with Gasteiger partial charge in [0.25, 0.3) is 0 Å². The van der Waals surface area contributed by atoms with Crippen molar-refractivity contribution >= 4 is 11.6 Å². The SMILES string of the molecule is CN(C(=O)CN(CC1CCCCC1)C1CC1)c1ccccc1. The number of likely N-dealkylation sites (N-methyl/N-ethyl adjacent to an activating group) is 1. The molecule has 1 aromatic carbocycles. The molecule has 0 heterocycles. The third-order valence-corrected chi connectivity index (χ3v) is 5.14. The molecule has 2 fully saturated rings. The molecule has 120 valence electrons. The van der Waals surface area contributed by atoms with Crippen LogP contribution in [0.5, 0.6) is 0 Å². The quantitative estimate of drug-likeness (QED) is 0.800. The zero-order valence-electron chi connectivity index (χ0n) is 13.7. The number of para-hydroxylation sites is 1. The maximum atomic E-state index is 12.6. The molecule has 3 nitrogen and oxygen atoms in total. The molecule has 0 aromatic heterocycles. The van der Waals surface area contributed by atoms with Gasteiger partial charge in [-0.1, -0.05) is 37.5 Å². The fraction of sp³-hybridized carbons (Fsp3) is 0.632. The van der Waals surface area contributed by atoms with Gasteiger partial charge in [0, 0.05) is 25.3 Å². The van der Waals surface area contributed by atoms with Gasteiger partial charge in [-0.25, -0.2) is 0 Å². The summed E-state index contributed by atoms with van der Waals surface area (Å²) in [6.07, 6.45) is 9.40. The first-order valence-corrected chi connectivity index (χ1v) is 8.79. The lowest BCUT2D eigenvalue weighted by Crippen LogP contribution is -2.42. The van der Waals surface area contributed by atoms with Gasteiger partial charge >= 0.3 is 0 Å². The molecule has 0 saturated heterocycles. The van der Waals surface area contributed by atoms with Crippen molar-refractivity contribution in [1.29, 1.82) is 0 Å². The van der Waals surface area contributed by atoms with Gasteiger partial charge in [-0.3, -0.25) is 9.69 Å². The number of hydrogen-bond donors (Lipinski definition) is 0. The van der Waals surface area contributed by atoms with E-state index in [2.05, 4.69) is 4.90 Å². The summed E-state index contributed by atoms with van der Waals surface area (Å²) >= 11 is 0. The minimum absolute atomic E-state index is 0.217. The van der Waals surface area contributed by atoms with Gasteiger partial charge < -0.3 is 4.90 Å². The summed E-state index contributed by atoms with van der Waals surface area (Å²) in [4.78, 5) is 16.9. The third kappa shape index (κ3) is 4.10. The Labute approximate surface area is 134 Å². The first-order valence-electron chi connectivity index (χ1n) is 8.79. The van der Waals surface area contributed by atoms with Crippen LogP contribution in [0.1, 0.15) is 44.9 Å². The van der Waals surface area contributed by atoms with Crippen molar-refractivity contribution < 1.29 is 4.79 Å². The van der Waals surface area contributed by atoms with E-state index in [0.717, 1.165) is 18.2 Å². The van der Waals surface area contributed by atoms with Crippen LogP contribution in [-0.2, 0) is 4.79 Å². The second-order valence-corrected chi connectivity index (χ2v) is 6.95. The molecule has 0 radical (unpaired) electrons. The van der Waals surface area contributed by atoms with E-state index < -0.39 is 0 Å². The van der Waals surface area contributed by atoms with E-state index in [1.807, 2.05) is 37.4 Å². The van der Waals surface area contributed by atoms with Gasteiger partial charge in [0.1, 0.15) is 0 Å². The lowest BCUT2D eigenvalue weighted by Gasteiger charge is -2.30. The van der Waals surface area contributed by atoms with Crippen LogP contribution in [0.4, 0.5) is 5.69 Å². The second kappa shape index (κ2) is 7.28. The zero-order valence-corrected chi connectivity index (χ0v) is 13.7. The lowest BCUT2D eigenvalue weighted by atomic mass is 9.89. The standard InChI is InChI=1S/C19H28N2O/c1-20(17-10-6-3-7-11-17)19(22)15-21(18-12-13-18)14-16-8-4-2-5-9-16/h3,6-7,10-11,16,18H,2,4-5,8-9,12-15H2,1H3. The first-order chi connectivity index (χ1) is 10.7. The van der Waals surface area contributed by atoms with Crippen molar-refractivity contribution in [3.05, 3.63) is 30.3 Å². The van der Waals surface area contributed by atoms with Crippen molar-refractivity contribution in [2.45, 2.75) is 51.0 Å². The highest BCUT2D eigenvalue weighted by atomic mass is 16.2. The maximum absolute atomic E-state index is 12.6. The molecule has 2 aliphatic rings. The Kier molecular flexibility index (Phi) is 5.14. The van der Waals surface area contributed by atoms with Gasteiger partial charge in [-0.2, -0.15) is 0 Å². The largest absolute Gasteiger partial charge is 0.314 e. The van der Waals surface area contributed by atoms with Crippen molar-refractivity contribution in [2.24, 2.45) is 5.92 Å². The number of hydrogen-bond acceptors (Lipinski definition) is 2. The Morgan fingerprint density at radius 1 is 1.05 bits per heavy atom. The maximum Gasteiger partial charge on any atom is 0.240 e. The molecule has 0 atom stereocenters. The second-order valence-electron chi connectivity index (χ2n) is 6.95. The Bertz CT molecular complexity index is 477. The number of rotatable bonds is 6. The molecule has 0 unspecified atom stereocenters. The summed E-state index contributed by atoms with van der Waals surface area (Å²) in [6.45, 7) is 1.70.